The Hall–Kier alpha value is -3.87. The summed E-state index contributed by atoms with van der Waals surface area (Å²) < 4.78 is 2.33. The molecule has 0 fully saturated rings. The number of aromatic nitrogens is 7. The summed E-state index contributed by atoms with van der Waals surface area (Å²) in [5, 5.41) is 14.7. The second-order valence-electron chi connectivity index (χ2n) is 7.52. The first kappa shape index (κ1) is 19.1. The van der Waals surface area contributed by atoms with Gasteiger partial charge in [0.05, 0.1) is 23.3 Å². The van der Waals surface area contributed by atoms with E-state index in [0.29, 0.717) is 5.82 Å². The van der Waals surface area contributed by atoms with E-state index < -0.39 is 0 Å². The molecule has 0 amide bonds. The molecule has 0 saturated heterocycles. The lowest BCUT2D eigenvalue weighted by molar-refractivity contribution is 0.630. The molecule has 1 unspecified atom stereocenters. The predicted octanol–water partition coefficient (Wildman–Crippen LogP) is 4.59. The summed E-state index contributed by atoms with van der Waals surface area (Å²) in [5.74, 6) is 1.71. The number of imidazole rings is 1. The lowest BCUT2D eigenvalue weighted by atomic mass is 9.93. The smallest absolute Gasteiger partial charge is 0.179 e. The van der Waals surface area contributed by atoms with Crippen LogP contribution >= 0.6 is 0 Å². The van der Waals surface area contributed by atoms with Crippen LogP contribution in [0.5, 0.6) is 0 Å². The van der Waals surface area contributed by atoms with Gasteiger partial charge in [-0.25, -0.2) is 10.1 Å². The number of H-pyrrole nitrogens is 1. The number of nitrogens with one attached hydrogen (secondary N) is 1. The van der Waals surface area contributed by atoms with Crippen molar-refractivity contribution in [2.75, 3.05) is 0 Å². The Labute approximate surface area is 180 Å². The zero-order chi connectivity index (χ0) is 21.0. The summed E-state index contributed by atoms with van der Waals surface area (Å²) in [6.45, 7) is 2.20. The summed E-state index contributed by atoms with van der Waals surface area (Å²) in [4.78, 5) is 9.40. The van der Waals surface area contributed by atoms with Crippen molar-refractivity contribution in [2.24, 2.45) is 0 Å². The molecule has 0 aliphatic heterocycles. The van der Waals surface area contributed by atoms with Gasteiger partial charge in [0.1, 0.15) is 5.82 Å². The van der Waals surface area contributed by atoms with Gasteiger partial charge in [0.2, 0.25) is 0 Å². The third-order valence-electron chi connectivity index (χ3n) is 5.55. The first-order chi connectivity index (χ1) is 15.4. The highest BCUT2D eigenvalue weighted by atomic mass is 15.5. The highest BCUT2D eigenvalue weighted by Gasteiger charge is 2.25. The molecular weight excluding hydrogens is 386 g/mol. The third-order valence-corrected chi connectivity index (χ3v) is 5.55. The highest BCUT2D eigenvalue weighted by molar-refractivity contribution is 5.76. The van der Waals surface area contributed by atoms with E-state index in [1.54, 1.807) is 6.20 Å². The largest absolute Gasteiger partial charge is 0.315 e. The lowest BCUT2D eigenvalue weighted by Gasteiger charge is -2.25. The number of nitrogens with zero attached hydrogens (tertiary/aromatic N) is 6. The molecule has 1 N–H and O–H groups in total. The number of fused-ring (bicyclic) bond motifs is 1. The number of benzene rings is 2. The van der Waals surface area contributed by atoms with Crippen LogP contribution in [0.25, 0.3) is 22.4 Å². The molecule has 7 nitrogen and oxygen atoms in total. The van der Waals surface area contributed by atoms with Gasteiger partial charge < -0.3 is 4.57 Å². The van der Waals surface area contributed by atoms with Gasteiger partial charge in [-0.15, -0.1) is 5.10 Å². The van der Waals surface area contributed by atoms with E-state index >= 15 is 0 Å². The van der Waals surface area contributed by atoms with Crippen molar-refractivity contribution >= 4 is 11.0 Å². The van der Waals surface area contributed by atoms with E-state index in [9.17, 15) is 0 Å². The minimum absolute atomic E-state index is 0.0939. The molecule has 0 saturated carbocycles. The molecule has 3 heterocycles. The first-order valence-electron chi connectivity index (χ1n) is 10.6. The van der Waals surface area contributed by atoms with Crippen molar-refractivity contribution in [2.45, 2.75) is 32.2 Å². The van der Waals surface area contributed by atoms with Crippen LogP contribution in [0, 0.1) is 0 Å². The predicted molar refractivity (Wildman–Crippen MR) is 119 cm³/mol. The van der Waals surface area contributed by atoms with Crippen LogP contribution in [0.4, 0.5) is 0 Å². The maximum Gasteiger partial charge on any atom is 0.179 e. The van der Waals surface area contributed by atoms with Gasteiger partial charge in [-0.1, -0.05) is 67.9 Å². The molecule has 0 bridgehead atoms. The van der Waals surface area contributed by atoms with Crippen molar-refractivity contribution in [1.82, 2.24) is 35.2 Å². The van der Waals surface area contributed by atoms with Gasteiger partial charge in [-0.2, -0.15) is 0 Å². The van der Waals surface area contributed by atoms with Crippen LogP contribution in [0.1, 0.15) is 42.8 Å². The maximum absolute atomic E-state index is 4.99. The molecule has 0 radical (unpaired) electrons. The van der Waals surface area contributed by atoms with Crippen molar-refractivity contribution < 1.29 is 0 Å². The molecule has 1 atom stereocenters. The van der Waals surface area contributed by atoms with Crippen LogP contribution in [-0.2, 0) is 6.42 Å². The van der Waals surface area contributed by atoms with Crippen LogP contribution < -0.4 is 0 Å². The quantitative estimate of drug-likeness (QED) is 0.425. The highest BCUT2D eigenvalue weighted by Crippen LogP contribution is 2.36. The van der Waals surface area contributed by atoms with Gasteiger partial charge in [-0.05, 0) is 34.0 Å². The standard InChI is InChI=1S/C24H23N7/c1-2-3-13-22-26-20-14-15-25-16-21(20)31(22)23(17-9-5-4-6-10-17)18-11-7-8-12-19(18)24-27-29-30-28-24/h4-12,14-16,23H,2-3,13H2,1H3,(H,27,28,29,30). The lowest BCUT2D eigenvalue weighted by Crippen LogP contribution is -2.16. The first-order valence-corrected chi connectivity index (χ1v) is 10.6. The Balaban J connectivity index is 1.80. The summed E-state index contributed by atoms with van der Waals surface area (Å²) in [5.41, 5.74) is 5.22. The minimum atomic E-state index is -0.0939. The number of tetrazole rings is 1. The van der Waals surface area contributed by atoms with Crippen LogP contribution in [-0.4, -0.2) is 35.2 Å². The molecule has 154 valence electrons. The topological polar surface area (TPSA) is 85.2 Å². The van der Waals surface area contributed by atoms with Gasteiger partial charge in [-0.3, -0.25) is 4.98 Å². The Morgan fingerprint density at radius 3 is 2.65 bits per heavy atom. The molecule has 0 aliphatic rings. The molecule has 0 aliphatic carbocycles. The molecule has 3 aromatic heterocycles. The van der Waals surface area contributed by atoms with E-state index in [-0.39, 0.29) is 6.04 Å². The fraction of sp³-hybridized carbons (Fsp3) is 0.208. The molecule has 31 heavy (non-hydrogen) atoms. The third kappa shape index (κ3) is 3.59. The number of aryl methyl sites for hydroxylation is 1. The summed E-state index contributed by atoms with van der Waals surface area (Å²) >= 11 is 0. The average Bonchev–Trinajstić information content (AvgIpc) is 3.48. The summed E-state index contributed by atoms with van der Waals surface area (Å²) in [6.07, 6.45) is 6.80. The van der Waals surface area contributed by atoms with Gasteiger partial charge in [0.25, 0.3) is 0 Å². The second kappa shape index (κ2) is 8.47. The normalized spacial score (nSPS) is 12.3. The van der Waals surface area contributed by atoms with E-state index in [0.717, 1.165) is 47.2 Å². The number of hydrogen-bond donors (Lipinski definition) is 1. The number of rotatable bonds is 7. The van der Waals surface area contributed by atoms with Crippen LogP contribution in [0.3, 0.4) is 0 Å². The Bertz CT molecular complexity index is 1280. The van der Waals surface area contributed by atoms with Crippen molar-refractivity contribution in [1.29, 1.82) is 0 Å². The molecule has 7 heteroatoms. The van der Waals surface area contributed by atoms with Crippen molar-refractivity contribution in [3.8, 4) is 11.4 Å². The van der Waals surface area contributed by atoms with Gasteiger partial charge >= 0.3 is 0 Å². The minimum Gasteiger partial charge on any atom is -0.315 e. The van der Waals surface area contributed by atoms with Gasteiger partial charge in [0.15, 0.2) is 5.82 Å². The fourth-order valence-electron chi connectivity index (χ4n) is 4.12. The van der Waals surface area contributed by atoms with E-state index in [1.165, 1.54) is 5.56 Å². The number of hydrogen-bond acceptors (Lipinski definition) is 5. The second-order valence-corrected chi connectivity index (χ2v) is 7.52. The molecule has 5 rings (SSSR count). The number of aromatic amines is 1. The molecular formula is C24H23N7. The van der Waals surface area contributed by atoms with Crippen LogP contribution in [0.15, 0.2) is 73.1 Å². The van der Waals surface area contributed by atoms with E-state index in [1.807, 2.05) is 24.4 Å². The zero-order valence-corrected chi connectivity index (χ0v) is 17.3. The van der Waals surface area contributed by atoms with Crippen molar-refractivity contribution in [3.63, 3.8) is 0 Å². The Morgan fingerprint density at radius 1 is 1.00 bits per heavy atom. The van der Waals surface area contributed by atoms with Crippen molar-refractivity contribution in [3.05, 3.63) is 90.0 Å². The monoisotopic (exact) mass is 409 g/mol. The SMILES string of the molecule is CCCCc1nc2ccncc2n1C(c1ccccc1)c1ccccc1-c1nnn[nH]1. The Kier molecular flexibility index (Phi) is 5.22. The fourth-order valence-corrected chi connectivity index (χ4v) is 4.12. The van der Waals surface area contributed by atoms with Crippen LogP contribution in [0.2, 0.25) is 0 Å². The maximum atomic E-state index is 4.99. The summed E-state index contributed by atoms with van der Waals surface area (Å²) in [6, 6.07) is 20.7. The number of unbranched alkanes of at least 4 members (excludes halogenated alkanes) is 1. The Morgan fingerprint density at radius 2 is 1.84 bits per heavy atom. The average molecular weight is 409 g/mol. The zero-order valence-electron chi connectivity index (χ0n) is 17.3. The van der Waals surface area contributed by atoms with E-state index in [2.05, 4.69) is 79.6 Å². The number of pyridine rings is 1. The summed E-state index contributed by atoms with van der Waals surface area (Å²) in [7, 11) is 0. The van der Waals surface area contributed by atoms with E-state index in [4.69, 9.17) is 4.98 Å². The molecule has 0 spiro atoms. The van der Waals surface area contributed by atoms with Gasteiger partial charge in [0, 0.05) is 18.2 Å². The molecule has 2 aromatic carbocycles. The molecule has 5 aromatic rings.